The zero-order chi connectivity index (χ0) is 15.5. The molecule has 0 aliphatic carbocycles. The van der Waals surface area contributed by atoms with Crippen LogP contribution in [0.25, 0.3) is 11.2 Å². The van der Waals surface area contributed by atoms with Gasteiger partial charge in [-0.25, -0.2) is 9.97 Å². The largest absolute Gasteiger partial charge is 0.387 e. The third-order valence-electron chi connectivity index (χ3n) is 3.08. The molecule has 0 saturated carbocycles. The van der Waals surface area contributed by atoms with Crippen molar-refractivity contribution in [1.29, 1.82) is 0 Å². The predicted octanol–water partition coefficient (Wildman–Crippen LogP) is 3.48. The molecule has 1 unspecified atom stereocenters. The maximum atomic E-state index is 10.2. The standard InChI is InChI=1S/C15H12Cl2N4O/c16-10-5-9(6-11(17)7-10)13(22)8-20-14-2-1-12-15(21-14)19-4-3-18-12/h1-7,13,22H,8H2,(H,19,20,21). The van der Waals surface area contributed by atoms with E-state index in [0.29, 0.717) is 27.1 Å². The van der Waals surface area contributed by atoms with E-state index in [-0.39, 0.29) is 6.54 Å². The van der Waals surface area contributed by atoms with Crippen molar-refractivity contribution in [2.24, 2.45) is 0 Å². The summed E-state index contributed by atoms with van der Waals surface area (Å²) in [7, 11) is 0. The zero-order valence-corrected chi connectivity index (χ0v) is 12.9. The van der Waals surface area contributed by atoms with E-state index in [1.165, 1.54) is 0 Å². The van der Waals surface area contributed by atoms with Crippen molar-refractivity contribution >= 4 is 40.2 Å². The Morgan fingerprint density at radius 1 is 1.05 bits per heavy atom. The van der Waals surface area contributed by atoms with Gasteiger partial charge in [0.1, 0.15) is 11.3 Å². The molecule has 2 aromatic heterocycles. The van der Waals surface area contributed by atoms with Gasteiger partial charge in [-0.3, -0.25) is 4.98 Å². The van der Waals surface area contributed by atoms with Crippen molar-refractivity contribution in [2.45, 2.75) is 6.10 Å². The lowest BCUT2D eigenvalue weighted by Crippen LogP contribution is -2.13. The van der Waals surface area contributed by atoms with Crippen LogP contribution in [-0.4, -0.2) is 26.6 Å². The molecule has 0 radical (unpaired) electrons. The molecule has 2 heterocycles. The lowest BCUT2D eigenvalue weighted by Gasteiger charge is -2.13. The Labute approximate surface area is 137 Å². The summed E-state index contributed by atoms with van der Waals surface area (Å²) in [4.78, 5) is 12.6. The fourth-order valence-corrected chi connectivity index (χ4v) is 2.58. The summed E-state index contributed by atoms with van der Waals surface area (Å²) in [5, 5.41) is 14.2. The van der Waals surface area contributed by atoms with Crippen molar-refractivity contribution in [3.05, 3.63) is 58.3 Å². The Morgan fingerprint density at radius 2 is 1.77 bits per heavy atom. The van der Waals surface area contributed by atoms with Gasteiger partial charge in [-0.05, 0) is 35.9 Å². The van der Waals surface area contributed by atoms with Crippen LogP contribution < -0.4 is 5.32 Å². The molecule has 0 fully saturated rings. The molecule has 22 heavy (non-hydrogen) atoms. The Morgan fingerprint density at radius 3 is 2.55 bits per heavy atom. The fraction of sp³-hybridized carbons (Fsp3) is 0.133. The highest BCUT2D eigenvalue weighted by Gasteiger charge is 2.10. The molecule has 112 valence electrons. The summed E-state index contributed by atoms with van der Waals surface area (Å²) in [5.74, 6) is 0.611. The molecule has 5 nitrogen and oxygen atoms in total. The monoisotopic (exact) mass is 334 g/mol. The number of fused-ring (bicyclic) bond motifs is 1. The van der Waals surface area contributed by atoms with Crippen LogP contribution in [0.2, 0.25) is 10.0 Å². The first kappa shape index (κ1) is 15.0. The van der Waals surface area contributed by atoms with E-state index >= 15 is 0 Å². The minimum atomic E-state index is -0.754. The van der Waals surface area contributed by atoms with Gasteiger partial charge >= 0.3 is 0 Å². The quantitative estimate of drug-likeness (QED) is 0.764. The number of halogens is 2. The summed E-state index contributed by atoms with van der Waals surface area (Å²) in [5.41, 5.74) is 1.91. The number of benzene rings is 1. The predicted molar refractivity (Wildman–Crippen MR) is 87.2 cm³/mol. The number of aliphatic hydroxyl groups is 1. The van der Waals surface area contributed by atoms with Gasteiger partial charge in [0.2, 0.25) is 0 Å². The molecule has 0 aliphatic rings. The minimum Gasteiger partial charge on any atom is -0.387 e. The summed E-state index contributed by atoms with van der Waals surface area (Å²) in [6.07, 6.45) is 2.45. The van der Waals surface area contributed by atoms with E-state index in [9.17, 15) is 5.11 Å². The molecule has 1 atom stereocenters. The zero-order valence-electron chi connectivity index (χ0n) is 11.4. The van der Waals surface area contributed by atoms with Gasteiger partial charge in [-0.1, -0.05) is 23.2 Å². The van der Waals surface area contributed by atoms with E-state index in [2.05, 4.69) is 20.3 Å². The van der Waals surface area contributed by atoms with Crippen molar-refractivity contribution in [3.8, 4) is 0 Å². The van der Waals surface area contributed by atoms with E-state index in [0.717, 1.165) is 5.52 Å². The van der Waals surface area contributed by atoms with Gasteiger partial charge in [0.05, 0.1) is 6.10 Å². The Balaban J connectivity index is 1.72. The number of hydrogen-bond donors (Lipinski definition) is 2. The Bertz CT molecular complexity index is 792. The van der Waals surface area contributed by atoms with Crippen LogP contribution in [0.3, 0.4) is 0 Å². The van der Waals surface area contributed by atoms with Gasteiger partial charge in [0, 0.05) is 29.0 Å². The third kappa shape index (κ3) is 3.44. The van der Waals surface area contributed by atoms with Crippen LogP contribution >= 0.6 is 23.2 Å². The summed E-state index contributed by atoms with van der Waals surface area (Å²) in [6, 6.07) is 8.59. The number of rotatable bonds is 4. The molecule has 1 aromatic carbocycles. The van der Waals surface area contributed by atoms with Gasteiger partial charge in [-0.2, -0.15) is 0 Å². The normalized spacial score (nSPS) is 12.3. The van der Waals surface area contributed by atoms with Gasteiger partial charge in [0.25, 0.3) is 0 Å². The molecule has 3 aromatic rings. The van der Waals surface area contributed by atoms with E-state index < -0.39 is 6.10 Å². The molecule has 0 amide bonds. The SMILES string of the molecule is OC(CNc1ccc2nccnc2n1)c1cc(Cl)cc(Cl)c1. The average molecular weight is 335 g/mol. The number of nitrogens with zero attached hydrogens (tertiary/aromatic N) is 3. The maximum Gasteiger partial charge on any atom is 0.180 e. The van der Waals surface area contributed by atoms with Gasteiger partial charge < -0.3 is 10.4 Å². The van der Waals surface area contributed by atoms with Crippen LogP contribution in [0, 0.1) is 0 Å². The van der Waals surface area contributed by atoms with E-state index in [4.69, 9.17) is 23.2 Å². The van der Waals surface area contributed by atoms with Gasteiger partial charge in [0.15, 0.2) is 5.65 Å². The fourth-order valence-electron chi connectivity index (χ4n) is 2.04. The van der Waals surface area contributed by atoms with Crippen LogP contribution in [0.5, 0.6) is 0 Å². The lowest BCUT2D eigenvalue weighted by molar-refractivity contribution is 0.191. The number of nitrogens with one attached hydrogen (secondary N) is 1. The first-order chi connectivity index (χ1) is 10.6. The first-order valence-electron chi connectivity index (χ1n) is 6.57. The molecule has 0 aliphatic heterocycles. The second kappa shape index (κ2) is 6.44. The summed E-state index contributed by atoms with van der Waals surface area (Å²) < 4.78 is 0. The van der Waals surface area contributed by atoms with Crippen molar-refractivity contribution in [1.82, 2.24) is 15.0 Å². The van der Waals surface area contributed by atoms with Crippen molar-refractivity contribution < 1.29 is 5.11 Å². The molecule has 0 bridgehead atoms. The van der Waals surface area contributed by atoms with Crippen LogP contribution in [-0.2, 0) is 0 Å². The van der Waals surface area contributed by atoms with E-state index in [1.54, 1.807) is 36.7 Å². The average Bonchev–Trinajstić information content (AvgIpc) is 2.51. The minimum absolute atomic E-state index is 0.273. The number of aromatic nitrogens is 3. The molecular formula is C15H12Cl2N4O. The first-order valence-corrected chi connectivity index (χ1v) is 7.33. The molecule has 7 heteroatoms. The third-order valence-corrected chi connectivity index (χ3v) is 3.51. The van der Waals surface area contributed by atoms with Crippen molar-refractivity contribution in [3.63, 3.8) is 0 Å². The Hall–Kier alpha value is -1.95. The lowest BCUT2D eigenvalue weighted by atomic mass is 10.1. The molecule has 2 N–H and O–H groups in total. The van der Waals surface area contributed by atoms with Gasteiger partial charge in [-0.15, -0.1) is 0 Å². The topological polar surface area (TPSA) is 70.9 Å². The van der Waals surface area contributed by atoms with Crippen LogP contribution in [0.1, 0.15) is 11.7 Å². The highest BCUT2D eigenvalue weighted by molar-refractivity contribution is 6.34. The summed E-state index contributed by atoms with van der Waals surface area (Å²) >= 11 is 11.9. The highest BCUT2D eigenvalue weighted by Crippen LogP contribution is 2.23. The summed E-state index contributed by atoms with van der Waals surface area (Å²) in [6.45, 7) is 0.273. The molecule has 0 saturated heterocycles. The van der Waals surface area contributed by atoms with E-state index in [1.807, 2.05) is 6.07 Å². The maximum absolute atomic E-state index is 10.2. The molecular weight excluding hydrogens is 323 g/mol. The molecule has 0 spiro atoms. The smallest absolute Gasteiger partial charge is 0.180 e. The molecule has 3 rings (SSSR count). The number of hydrogen-bond acceptors (Lipinski definition) is 5. The number of pyridine rings is 1. The van der Waals surface area contributed by atoms with Crippen molar-refractivity contribution in [2.75, 3.05) is 11.9 Å². The second-order valence-corrected chi connectivity index (χ2v) is 5.57. The second-order valence-electron chi connectivity index (χ2n) is 4.70. The number of anilines is 1. The van der Waals surface area contributed by atoms with Crippen LogP contribution in [0.4, 0.5) is 5.82 Å². The highest BCUT2D eigenvalue weighted by atomic mass is 35.5. The van der Waals surface area contributed by atoms with Crippen LogP contribution in [0.15, 0.2) is 42.7 Å². The number of aliphatic hydroxyl groups excluding tert-OH is 1. The Kier molecular flexibility index (Phi) is 4.38.